The van der Waals surface area contributed by atoms with Crippen molar-refractivity contribution in [2.75, 3.05) is 39.6 Å². The molecule has 0 aliphatic carbocycles. The summed E-state index contributed by atoms with van der Waals surface area (Å²) in [6.45, 7) is 26.8. The molecule has 0 aliphatic heterocycles. The van der Waals surface area contributed by atoms with E-state index in [0.29, 0.717) is 26.1 Å². The molecule has 38 heavy (non-hydrogen) atoms. The first-order valence-corrected chi connectivity index (χ1v) is 13.4. The molecule has 2 atom stereocenters. The largest absolute Gasteiger partial charge is 0.396 e. The van der Waals surface area contributed by atoms with E-state index in [0.717, 1.165) is 0 Å². The third-order valence-electron chi connectivity index (χ3n) is 6.49. The molecule has 2 unspecified atom stereocenters. The van der Waals surface area contributed by atoms with Gasteiger partial charge in [0.2, 0.25) is 0 Å². The summed E-state index contributed by atoms with van der Waals surface area (Å²) < 4.78 is 30.0. The normalized spacial score (nSPS) is 15.6. The Hall–Kier alpha value is -1.42. The number of aliphatic hydroxyl groups excluding tert-OH is 1. The van der Waals surface area contributed by atoms with Crippen molar-refractivity contribution in [3.05, 3.63) is 25.3 Å². The molecule has 0 aliphatic rings. The molecular formula is C30H54O8. The maximum absolute atomic E-state index is 12.1. The number of hydrogen-bond acceptors (Lipinski definition) is 8. The highest BCUT2D eigenvalue weighted by atomic mass is 16.5. The van der Waals surface area contributed by atoms with E-state index in [-0.39, 0.29) is 44.1 Å². The Morgan fingerprint density at radius 2 is 1.32 bits per heavy atom. The average molecular weight is 543 g/mol. The number of carbonyl (C=O) groups excluding carboxylic acids is 2. The number of ether oxygens (including phenoxy) is 5. The van der Waals surface area contributed by atoms with Gasteiger partial charge in [-0.15, -0.1) is 0 Å². The van der Waals surface area contributed by atoms with Crippen molar-refractivity contribution in [3.63, 3.8) is 0 Å². The molecule has 0 saturated heterocycles. The molecule has 0 fully saturated rings. The standard InChI is InChI=1S/C30H54O8/c1-13-24(32)28(9,10)35-17-16-26(5,6)36-21-30(19-31,20-34-15-3)22-37-27(7,8)18-23(4)38-29(11,12)25(33)14-2/h13-14,23,31H,1-2,15-22H2,3-12H3. The minimum atomic E-state index is -0.974. The Labute approximate surface area is 231 Å². The van der Waals surface area contributed by atoms with Gasteiger partial charge in [-0.05, 0) is 87.8 Å². The van der Waals surface area contributed by atoms with Gasteiger partial charge in [-0.2, -0.15) is 0 Å². The molecule has 0 rings (SSSR count). The number of ketones is 2. The molecule has 0 spiro atoms. The molecule has 0 aromatic carbocycles. The van der Waals surface area contributed by atoms with Crippen LogP contribution in [0.1, 0.15) is 82.1 Å². The smallest absolute Gasteiger partial charge is 0.186 e. The maximum Gasteiger partial charge on any atom is 0.186 e. The van der Waals surface area contributed by atoms with E-state index in [4.69, 9.17) is 23.7 Å². The Morgan fingerprint density at radius 3 is 1.79 bits per heavy atom. The Kier molecular flexibility index (Phi) is 14.8. The highest BCUT2D eigenvalue weighted by Gasteiger charge is 2.37. The molecule has 8 nitrogen and oxygen atoms in total. The molecule has 1 N–H and O–H groups in total. The molecule has 0 heterocycles. The van der Waals surface area contributed by atoms with Crippen LogP contribution in [0, 0.1) is 5.41 Å². The van der Waals surface area contributed by atoms with Gasteiger partial charge in [0.15, 0.2) is 11.6 Å². The zero-order chi connectivity index (χ0) is 29.8. The van der Waals surface area contributed by atoms with Crippen LogP contribution in [-0.4, -0.2) is 84.8 Å². The van der Waals surface area contributed by atoms with Crippen molar-refractivity contribution in [2.24, 2.45) is 5.41 Å². The zero-order valence-electron chi connectivity index (χ0n) is 25.6. The molecule has 0 aromatic heterocycles. The summed E-state index contributed by atoms with van der Waals surface area (Å²) in [5.74, 6) is -0.359. The monoisotopic (exact) mass is 542 g/mol. The van der Waals surface area contributed by atoms with Gasteiger partial charge in [-0.3, -0.25) is 9.59 Å². The highest BCUT2D eigenvalue weighted by Crippen LogP contribution is 2.29. The minimum Gasteiger partial charge on any atom is -0.396 e. The van der Waals surface area contributed by atoms with Crippen molar-refractivity contribution in [1.29, 1.82) is 0 Å². The summed E-state index contributed by atoms with van der Waals surface area (Å²) in [6.07, 6.45) is 3.34. The number of aliphatic hydroxyl groups is 1. The van der Waals surface area contributed by atoms with E-state index in [1.54, 1.807) is 27.7 Å². The van der Waals surface area contributed by atoms with Gasteiger partial charge in [0, 0.05) is 13.0 Å². The summed E-state index contributed by atoms with van der Waals surface area (Å²) in [7, 11) is 0. The number of rotatable bonds is 22. The molecule has 0 bridgehead atoms. The average Bonchev–Trinajstić information content (AvgIpc) is 2.81. The first-order chi connectivity index (χ1) is 17.3. The maximum atomic E-state index is 12.1. The summed E-state index contributed by atoms with van der Waals surface area (Å²) in [5, 5.41) is 10.4. The molecule has 0 amide bonds. The van der Waals surface area contributed by atoms with E-state index in [2.05, 4.69) is 13.2 Å². The quantitative estimate of drug-likeness (QED) is 0.194. The molecule has 0 saturated carbocycles. The third kappa shape index (κ3) is 13.1. The third-order valence-corrected chi connectivity index (χ3v) is 6.49. The second kappa shape index (κ2) is 15.4. The van der Waals surface area contributed by atoms with Crippen LogP contribution in [0.4, 0.5) is 0 Å². The first kappa shape index (κ1) is 36.6. The summed E-state index contributed by atoms with van der Waals surface area (Å²) in [4.78, 5) is 24.0. The zero-order valence-corrected chi connectivity index (χ0v) is 25.6. The van der Waals surface area contributed by atoms with Crippen molar-refractivity contribution >= 4 is 11.6 Å². The fraction of sp³-hybridized carbons (Fsp3) is 0.800. The van der Waals surface area contributed by atoms with Gasteiger partial charge >= 0.3 is 0 Å². The second-order valence-electron chi connectivity index (χ2n) is 12.3. The van der Waals surface area contributed by atoms with Gasteiger partial charge in [-0.25, -0.2) is 0 Å². The SMILES string of the molecule is C=CC(=O)C(C)(C)OCCC(C)(C)OCC(CO)(COCC)COC(C)(C)CC(C)OC(C)(C)C(=O)C=C. The molecule has 0 radical (unpaired) electrons. The van der Waals surface area contributed by atoms with Crippen molar-refractivity contribution in [3.8, 4) is 0 Å². The summed E-state index contributed by atoms with van der Waals surface area (Å²) in [6, 6.07) is 0. The minimum absolute atomic E-state index is 0.178. The lowest BCUT2D eigenvalue weighted by Crippen LogP contribution is -2.46. The van der Waals surface area contributed by atoms with E-state index in [1.807, 2.05) is 41.5 Å². The lowest BCUT2D eigenvalue weighted by Gasteiger charge is -2.39. The van der Waals surface area contributed by atoms with Gasteiger partial charge in [0.25, 0.3) is 0 Å². The highest BCUT2D eigenvalue weighted by molar-refractivity contribution is 5.96. The van der Waals surface area contributed by atoms with Crippen LogP contribution < -0.4 is 0 Å². The van der Waals surface area contributed by atoms with Crippen LogP contribution in [-0.2, 0) is 33.3 Å². The fourth-order valence-corrected chi connectivity index (χ4v) is 3.82. The van der Waals surface area contributed by atoms with Crippen LogP contribution in [0.3, 0.4) is 0 Å². The molecule has 8 heteroatoms. The van der Waals surface area contributed by atoms with Crippen molar-refractivity contribution in [2.45, 2.75) is 111 Å². The van der Waals surface area contributed by atoms with Gasteiger partial charge in [0.1, 0.15) is 11.2 Å². The predicted molar refractivity (Wildman–Crippen MR) is 150 cm³/mol. The Morgan fingerprint density at radius 1 is 0.816 bits per heavy atom. The van der Waals surface area contributed by atoms with Crippen LogP contribution in [0.2, 0.25) is 0 Å². The number of carbonyl (C=O) groups is 2. The van der Waals surface area contributed by atoms with E-state index < -0.39 is 27.8 Å². The van der Waals surface area contributed by atoms with Crippen LogP contribution in [0.25, 0.3) is 0 Å². The van der Waals surface area contributed by atoms with Crippen molar-refractivity contribution in [1.82, 2.24) is 0 Å². The predicted octanol–water partition coefficient (Wildman–Crippen LogP) is 4.86. The topological polar surface area (TPSA) is 101 Å². The lowest BCUT2D eigenvalue weighted by molar-refractivity contribution is -0.169. The molecule has 0 aromatic rings. The molecule has 222 valence electrons. The van der Waals surface area contributed by atoms with Crippen LogP contribution in [0.5, 0.6) is 0 Å². The summed E-state index contributed by atoms with van der Waals surface area (Å²) in [5.41, 5.74) is -3.90. The molecular weight excluding hydrogens is 488 g/mol. The van der Waals surface area contributed by atoms with Crippen LogP contribution in [0.15, 0.2) is 25.3 Å². The second-order valence-corrected chi connectivity index (χ2v) is 12.3. The van der Waals surface area contributed by atoms with Gasteiger partial charge in [0.05, 0.1) is 55.8 Å². The van der Waals surface area contributed by atoms with Gasteiger partial charge in [-0.1, -0.05) is 13.2 Å². The number of hydrogen-bond donors (Lipinski definition) is 1. The Balaban J connectivity index is 5.25. The van der Waals surface area contributed by atoms with E-state index in [1.165, 1.54) is 12.2 Å². The Bertz CT molecular complexity index is 768. The fourth-order valence-electron chi connectivity index (χ4n) is 3.82. The lowest BCUT2D eigenvalue weighted by atomic mass is 9.90. The van der Waals surface area contributed by atoms with E-state index in [9.17, 15) is 14.7 Å². The van der Waals surface area contributed by atoms with Gasteiger partial charge < -0.3 is 28.8 Å². The van der Waals surface area contributed by atoms with Crippen molar-refractivity contribution < 1.29 is 38.4 Å². The van der Waals surface area contributed by atoms with E-state index >= 15 is 0 Å². The van der Waals surface area contributed by atoms with Crippen LogP contribution >= 0.6 is 0 Å². The summed E-state index contributed by atoms with van der Waals surface area (Å²) >= 11 is 0. The first-order valence-electron chi connectivity index (χ1n) is 13.4.